The van der Waals surface area contributed by atoms with Crippen LogP contribution in [0.15, 0.2) is 52.9 Å². The summed E-state index contributed by atoms with van der Waals surface area (Å²) >= 11 is 0. The predicted molar refractivity (Wildman–Crippen MR) is 101 cm³/mol. The number of ether oxygens (including phenoxy) is 1. The Kier molecular flexibility index (Phi) is 5.84. The van der Waals surface area contributed by atoms with Crippen molar-refractivity contribution in [1.82, 2.24) is 4.98 Å². The predicted octanol–water partition coefficient (Wildman–Crippen LogP) is 4.15. The van der Waals surface area contributed by atoms with E-state index in [-0.39, 0.29) is 24.0 Å². The van der Waals surface area contributed by atoms with Crippen molar-refractivity contribution in [2.45, 2.75) is 20.3 Å². The van der Waals surface area contributed by atoms with Gasteiger partial charge in [0.25, 0.3) is 0 Å². The summed E-state index contributed by atoms with van der Waals surface area (Å²) in [6, 6.07) is 12.3. The van der Waals surface area contributed by atoms with Crippen molar-refractivity contribution in [3.05, 3.63) is 71.4 Å². The molecule has 1 amide bonds. The normalized spacial score (nSPS) is 10.5. The first-order valence-corrected chi connectivity index (χ1v) is 8.75. The molecule has 0 aliphatic rings. The number of hydrogen-bond donors (Lipinski definition) is 1. The van der Waals surface area contributed by atoms with E-state index in [4.69, 9.17) is 9.15 Å². The number of rotatable bonds is 6. The molecule has 28 heavy (non-hydrogen) atoms. The number of nitrogens with one attached hydrogen (secondary N) is 1. The summed E-state index contributed by atoms with van der Waals surface area (Å²) in [4.78, 5) is 28.3. The Bertz CT molecular complexity index is 996. The highest BCUT2D eigenvalue weighted by atomic mass is 19.1. The van der Waals surface area contributed by atoms with Crippen LogP contribution in [0, 0.1) is 12.7 Å². The number of amides is 1. The van der Waals surface area contributed by atoms with Crippen LogP contribution < -0.4 is 5.32 Å². The molecule has 1 heterocycles. The smallest absolute Gasteiger partial charge is 0.338 e. The van der Waals surface area contributed by atoms with Gasteiger partial charge < -0.3 is 14.5 Å². The van der Waals surface area contributed by atoms with Gasteiger partial charge in [-0.2, -0.15) is 0 Å². The van der Waals surface area contributed by atoms with Crippen LogP contribution in [0.25, 0.3) is 11.5 Å². The second kappa shape index (κ2) is 8.47. The van der Waals surface area contributed by atoms with E-state index in [1.807, 2.05) is 0 Å². The molecule has 0 saturated carbocycles. The molecule has 3 aromatic rings. The zero-order valence-electron chi connectivity index (χ0n) is 15.5. The molecule has 0 radical (unpaired) electrons. The molecule has 7 heteroatoms. The van der Waals surface area contributed by atoms with Gasteiger partial charge in [0.2, 0.25) is 11.8 Å². The molecule has 0 saturated heterocycles. The fourth-order valence-corrected chi connectivity index (χ4v) is 2.60. The van der Waals surface area contributed by atoms with Gasteiger partial charge in [0.05, 0.1) is 24.3 Å². The Morgan fingerprint density at radius 3 is 2.61 bits per heavy atom. The van der Waals surface area contributed by atoms with Gasteiger partial charge in [0.1, 0.15) is 11.6 Å². The van der Waals surface area contributed by atoms with E-state index in [0.29, 0.717) is 34.9 Å². The van der Waals surface area contributed by atoms with E-state index in [9.17, 15) is 14.0 Å². The highest BCUT2D eigenvalue weighted by Crippen LogP contribution is 2.23. The molecule has 0 aliphatic heterocycles. The average Bonchev–Trinajstić information content (AvgIpc) is 3.03. The van der Waals surface area contributed by atoms with Crippen molar-refractivity contribution in [3.63, 3.8) is 0 Å². The number of aromatic nitrogens is 1. The minimum atomic E-state index is -0.413. The Morgan fingerprint density at radius 1 is 1.18 bits per heavy atom. The third-order valence-electron chi connectivity index (χ3n) is 3.97. The lowest BCUT2D eigenvalue weighted by Crippen LogP contribution is -2.15. The highest BCUT2D eigenvalue weighted by Gasteiger charge is 2.15. The Hall–Kier alpha value is -3.48. The number of esters is 1. The highest BCUT2D eigenvalue weighted by molar-refractivity contribution is 5.94. The molecule has 0 spiro atoms. The maximum Gasteiger partial charge on any atom is 0.338 e. The fourth-order valence-electron chi connectivity index (χ4n) is 2.60. The first kappa shape index (κ1) is 19.3. The molecule has 3 rings (SSSR count). The number of benzene rings is 2. The van der Waals surface area contributed by atoms with E-state index in [2.05, 4.69) is 10.3 Å². The number of oxazole rings is 1. The maximum absolute atomic E-state index is 13.4. The number of hydrogen-bond acceptors (Lipinski definition) is 5. The zero-order valence-corrected chi connectivity index (χ0v) is 15.5. The van der Waals surface area contributed by atoms with Crippen LogP contribution in [0.2, 0.25) is 0 Å². The maximum atomic E-state index is 13.4. The van der Waals surface area contributed by atoms with E-state index < -0.39 is 5.97 Å². The quantitative estimate of drug-likeness (QED) is 0.648. The minimum Gasteiger partial charge on any atom is -0.462 e. The van der Waals surface area contributed by atoms with Crippen molar-refractivity contribution in [2.24, 2.45) is 0 Å². The second-order valence-corrected chi connectivity index (χ2v) is 6.06. The lowest BCUT2D eigenvalue weighted by atomic mass is 10.2. The van der Waals surface area contributed by atoms with Crippen molar-refractivity contribution >= 4 is 17.6 Å². The first-order chi connectivity index (χ1) is 13.5. The largest absolute Gasteiger partial charge is 0.462 e. The molecule has 1 N–H and O–H groups in total. The summed E-state index contributed by atoms with van der Waals surface area (Å²) in [5, 5.41) is 2.74. The van der Waals surface area contributed by atoms with Crippen molar-refractivity contribution in [3.8, 4) is 11.5 Å². The van der Waals surface area contributed by atoms with Crippen molar-refractivity contribution in [2.75, 3.05) is 11.9 Å². The molecule has 0 bridgehead atoms. The van der Waals surface area contributed by atoms with Crippen LogP contribution in [0.1, 0.15) is 28.7 Å². The topological polar surface area (TPSA) is 81.4 Å². The summed E-state index contributed by atoms with van der Waals surface area (Å²) < 4.78 is 23.9. The fraction of sp³-hybridized carbons (Fsp3) is 0.190. The number of aryl methyl sites for hydroxylation is 1. The average molecular weight is 382 g/mol. The van der Waals surface area contributed by atoms with E-state index in [1.165, 1.54) is 12.1 Å². The van der Waals surface area contributed by atoms with E-state index >= 15 is 0 Å². The van der Waals surface area contributed by atoms with Gasteiger partial charge in [-0.15, -0.1) is 0 Å². The first-order valence-electron chi connectivity index (χ1n) is 8.75. The molecular formula is C21H19FN2O4. The van der Waals surface area contributed by atoms with Crippen molar-refractivity contribution in [1.29, 1.82) is 0 Å². The SMILES string of the molecule is CCOC(=O)c1ccc(NC(=O)Cc2nc(-c3cccc(F)c3)oc2C)cc1. The standard InChI is InChI=1S/C21H19FN2O4/c1-3-27-21(26)14-7-9-17(10-8-14)23-19(25)12-18-13(2)28-20(24-18)15-5-4-6-16(22)11-15/h4-11H,3,12H2,1-2H3,(H,23,25). The Labute approximate surface area is 161 Å². The van der Waals surface area contributed by atoms with E-state index in [0.717, 1.165) is 0 Å². The molecular weight excluding hydrogens is 363 g/mol. The molecule has 144 valence electrons. The summed E-state index contributed by atoms with van der Waals surface area (Å²) in [7, 11) is 0. The second-order valence-electron chi connectivity index (χ2n) is 6.06. The summed E-state index contributed by atoms with van der Waals surface area (Å²) in [5.41, 5.74) is 1.93. The van der Waals surface area contributed by atoms with Gasteiger partial charge in [-0.25, -0.2) is 14.2 Å². The van der Waals surface area contributed by atoms with E-state index in [1.54, 1.807) is 50.2 Å². The Balaban J connectivity index is 1.66. The number of carbonyl (C=O) groups excluding carboxylic acids is 2. The van der Waals surface area contributed by atoms with Gasteiger partial charge in [0, 0.05) is 11.3 Å². The van der Waals surface area contributed by atoms with Gasteiger partial charge in [-0.05, 0) is 56.3 Å². The monoisotopic (exact) mass is 382 g/mol. The van der Waals surface area contributed by atoms with Gasteiger partial charge in [-0.1, -0.05) is 6.07 Å². The number of carbonyl (C=O) groups is 2. The minimum absolute atomic E-state index is 0.00424. The van der Waals surface area contributed by atoms with Gasteiger partial charge in [-0.3, -0.25) is 4.79 Å². The molecule has 0 fully saturated rings. The Morgan fingerprint density at radius 2 is 1.93 bits per heavy atom. The number of halogens is 1. The molecule has 0 aliphatic carbocycles. The van der Waals surface area contributed by atoms with Gasteiger partial charge >= 0.3 is 5.97 Å². The molecule has 0 unspecified atom stereocenters. The van der Waals surface area contributed by atoms with Crippen molar-refractivity contribution < 1.29 is 23.1 Å². The number of anilines is 1. The lowest BCUT2D eigenvalue weighted by Gasteiger charge is -2.06. The summed E-state index contributed by atoms with van der Waals surface area (Å²) in [6.07, 6.45) is 0.00424. The van der Waals surface area contributed by atoms with Crippen LogP contribution in [0.5, 0.6) is 0 Å². The van der Waals surface area contributed by atoms with Crippen LogP contribution in [-0.4, -0.2) is 23.5 Å². The summed E-state index contributed by atoms with van der Waals surface area (Å²) in [6.45, 7) is 3.73. The molecule has 2 aromatic carbocycles. The molecule has 0 atom stereocenters. The molecule has 6 nitrogen and oxygen atoms in total. The van der Waals surface area contributed by atoms with Gasteiger partial charge in [0.15, 0.2) is 0 Å². The third-order valence-corrected chi connectivity index (χ3v) is 3.97. The van der Waals surface area contributed by atoms with Crippen LogP contribution in [0.4, 0.5) is 10.1 Å². The lowest BCUT2D eigenvalue weighted by molar-refractivity contribution is -0.115. The van der Waals surface area contributed by atoms with Crippen LogP contribution >= 0.6 is 0 Å². The third kappa shape index (κ3) is 4.62. The number of nitrogens with zero attached hydrogens (tertiary/aromatic N) is 1. The van der Waals surface area contributed by atoms with Crippen LogP contribution in [0.3, 0.4) is 0 Å². The van der Waals surface area contributed by atoms with Crippen LogP contribution in [-0.2, 0) is 16.0 Å². The molecule has 1 aromatic heterocycles. The summed E-state index contributed by atoms with van der Waals surface area (Å²) in [5.74, 6) is -0.334. The zero-order chi connectivity index (χ0) is 20.1.